The predicted octanol–water partition coefficient (Wildman–Crippen LogP) is 6.27. The van der Waals surface area contributed by atoms with Crippen LogP contribution in [0.25, 0.3) is 0 Å². The highest BCUT2D eigenvalue weighted by atomic mass is 127. The van der Waals surface area contributed by atoms with Crippen molar-refractivity contribution >= 4 is 22.6 Å². The number of unbranched alkanes of at least 4 members (excludes halogenated alkanes) is 5. The molecule has 1 nitrogen and oxygen atoms in total. The lowest BCUT2D eigenvalue weighted by Crippen LogP contribution is -1.99. The molecule has 1 rings (SSSR count). The molecule has 1 atom stereocenters. The van der Waals surface area contributed by atoms with E-state index in [0.29, 0.717) is 5.75 Å². The molecule has 114 valence electrons. The molecule has 0 spiro atoms. The molecule has 0 amide bonds. The van der Waals surface area contributed by atoms with Crippen molar-refractivity contribution in [2.75, 3.05) is 0 Å². The van der Waals surface area contributed by atoms with Gasteiger partial charge in [0.2, 0.25) is 0 Å². The normalized spacial score (nSPS) is 12.5. The molecule has 2 heteroatoms. The summed E-state index contributed by atoms with van der Waals surface area (Å²) in [5, 5.41) is 9.72. The van der Waals surface area contributed by atoms with E-state index in [0.717, 1.165) is 15.9 Å². The van der Waals surface area contributed by atoms with Crippen LogP contribution >= 0.6 is 22.6 Å². The molecule has 1 unspecified atom stereocenters. The maximum absolute atomic E-state index is 9.72. The molecular weight excluding hydrogens is 359 g/mol. The van der Waals surface area contributed by atoms with E-state index in [2.05, 4.69) is 29.5 Å². The number of phenols is 1. The van der Waals surface area contributed by atoms with Gasteiger partial charge >= 0.3 is 0 Å². The molecule has 1 aromatic rings. The SMILES string of the molecule is CCCCCCCCC(I)CCCc1ccccc1O. The third kappa shape index (κ3) is 8.13. The fourth-order valence-corrected chi connectivity index (χ4v) is 3.41. The number of rotatable bonds is 11. The van der Waals surface area contributed by atoms with Crippen LogP contribution in [-0.2, 0) is 6.42 Å². The van der Waals surface area contributed by atoms with E-state index < -0.39 is 0 Å². The van der Waals surface area contributed by atoms with Crippen molar-refractivity contribution in [2.45, 2.75) is 75.1 Å². The Bertz CT molecular complexity index is 351. The smallest absolute Gasteiger partial charge is 0.118 e. The van der Waals surface area contributed by atoms with Gasteiger partial charge in [-0.2, -0.15) is 0 Å². The van der Waals surface area contributed by atoms with Crippen LogP contribution in [0.2, 0.25) is 0 Å². The Hall–Kier alpha value is -0.250. The monoisotopic (exact) mass is 388 g/mol. The highest BCUT2D eigenvalue weighted by molar-refractivity contribution is 14.1. The quantitative estimate of drug-likeness (QED) is 0.269. The molecule has 0 saturated heterocycles. The number of halogens is 1. The van der Waals surface area contributed by atoms with Crippen molar-refractivity contribution in [1.29, 1.82) is 0 Å². The minimum atomic E-state index is 0.452. The van der Waals surface area contributed by atoms with Crippen LogP contribution in [-0.4, -0.2) is 9.03 Å². The number of phenolic OH excluding ortho intramolecular Hbond substituents is 1. The number of aromatic hydroxyl groups is 1. The molecular formula is C18H29IO. The van der Waals surface area contributed by atoms with Gasteiger partial charge in [0.05, 0.1) is 0 Å². The van der Waals surface area contributed by atoms with Gasteiger partial charge in [0.25, 0.3) is 0 Å². The van der Waals surface area contributed by atoms with Gasteiger partial charge < -0.3 is 5.11 Å². The Morgan fingerprint density at radius 1 is 0.950 bits per heavy atom. The van der Waals surface area contributed by atoms with E-state index in [1.807, 2.05) is 18.2 Å². The van der Waals surface area contributed by atoms with E-state index in [-0.39, 0.29) is 0 Å². The standard InChI is InChI=1S/C18H29IO/c1-2-3-4-5-6-7-13-17(19)14-10-12-16-11-8-9-15-18(16)20/h8-9,11,15,17,20H,2-7,10,12-14H2,1H3. The highest BCUT2D eigenvalue weighted by Crippen LogP contribution is 2.22. The molecule has 0 radical (unpaired) electrons. The van der Waals surface area contributed by atoms with Crippen molar-refractivity contribution in [2.24, 2.45) is 0 Å². The van der Waals surface area contributed by atoms with Crippen molar-refractivity contribution in [1.82, 2.24) is 0 Å². The number of alkyl halides is 1. The zero-order valence-corrected chi connectivity index (χ0v) is 14.9. The number of hydrogen-bond acceptors (Lipinski definition) is 1. The molecule has 0 aromatic heterocycles. The van der Waals surface area contributed by atoms with Gasteiger partial charge in [-0.1, -0.05) is 86.2 Å². The third-order valence-corrected chi connectivity index (χ3v) is 5.07. The third-order valence-electron chi connectivity index (χ3n) is 3.83. The Morgan fingerprint density at radius 2 is 1.60 bits per heavy atom. The lowest BCUT2D eigenvalue weighted by molar-refractivity contribution is 0.466. The zero-order chi connectivity index (χ0) is 14.6. The largest absolute Gasteiger partial charge is 0.508 e. The predicted molar refractivity (Wildman–Crippen MR) is 96.8 cm³/mol. The minimum Gasteiger partial charge on any atom is -0.508 e. The second-order valence-electron chi connectivity index (χ2n) is 5.67. The van der Waals surface area contributed by atoms with Gasteiger partial charge in [0, 0.05) is 3.92 Å². The molecule has 0 aliphatic heterocycles. The first-order chi connectivity index (χ1) is 9.74. The van der Waals surface area contributed by atoms with Crippen molar-refractivity contribution < 1.29 is 5.11 Å². The molecule has 0 saturated carbocycles. The number of aryl methyl sites for hydroxylation is 1. The topological polar surface area (TPSA) is 20.2 Å². The second kappa shape index (κ2) is 11.4. The van der Waals surface area contributed by atoms with Crippen LogP contribution in [0.4, 0.5) is 0 Å². The summed E-state index contributed by atoms with van der Waals surface area (Å²) < 4.78 is 0.796. The van der Waals surface area contributed by atoms with Gasteiger partial charge in [-0.25, -0.2) is 0 Å². The van der Waals surface area contributed by atoms with Crippen molar-refractivity contribution in [3.8, 4) is 5.75 Å². The molecule has 1 N–H and O–H groups in total. The van der Waals surface area contributed by atoms with Gasteiger partial charge in [-0.15, -0.1) is 0 Å². The van der Waals surface area contributed by atoms with Gasteiger partial charge in [0.1, 0.15) is 5.75 Å². The van der Waals surface area contributed by atoms with Crippen LogP contribution < -0.4 is 0 Å². The van der Waals surface area contributed by atoms with Crippen LogP contribution in [0.1, 0.15) is 70.3 Å². The summed E-state index contributed by atoms with van der Waals surface area (Å²) in [4.78, 5) is 0. The molecule has 1 aromatic carbocycles. The lowest BCUT2D eigenvalue weighted by atomic mass is 10.0. The average Bonchev–Trinajstić information content (AvgIpc) is 2.45. The Morgan fingerprint density at radius 3 is 2.35 bits per heavy atom. The van der Waals surface area contributed by atoms with Gasteiger partial charge in [-0.05, 0) is 37.3 Å². The Labute approximate surface area is 138 Å². The Kier molecular flexibility index (Phi) is 10.2. The summed E-state index contributed by atoms with van der Waals surface area (Å²) in [5.41, 5.74) is 1.09. The molecule has 0 aliphatic carbocycles. The van der Waals surface area contributed by atoms with Gasteiger partial charge in [0.15, 0.2) is 0 Å². The van der Waals surface area contributed by atoms with Gasteiger partial charge in [-0.3, -0.25) is 0 Å². The summed E-state index contributed by atoms with van der Waals surface area (Å²) in [6.45, 7) is 2.27. The van der Waals surface area contributed by atoms with Crippen LogP contribution in [0.15, 0.2) is 24.3 Å². The summed E-state index contributed by atoms with van der Waals surface area (Å²) in [6.07, 6.45) is 13.1. The fraction of sp³-hybridized carbons (Fsp3) is 0.667. The molecule has 0 aliphatic rings. The number of hydrogen-bond donors (Lipinski definition) is 1. The van der Waals surface area contributed by atoms with Crippen LogP contribution in [0.3, 0.4) is 0 Å². The molecule has 20 heavy (non-hydrogen) atoms. The number of para-hydroxylation sites is 1. The fourth-order valence-electron chi connectivity index (χ4n) is 2.53. The first-order valence-electron chi connectivity index (χ1n) is 8.15. The zero-order valence-electron chi connectivity index (χ0n) is 12.8. The van der Waals surface area contributed by atoms with Crippen molar-refractivity contribution in [3.63, 3.8) is 0 Å². The minimum absolute atomic E-state index is 0.452. The van der Waals surface area contributed by atoms with E-state index >= 15 is 0 Å². The number of benzene rings is 1. The summed E-state index contributed by atoms with van der Waals surface area (Å²) >= 11 is 2.60. The molecule has 0 bridgehead atoms. The van der Waals surface area contributed by atoms with E-state index in [4.69, 9.17) is 0 Å². The Balaban J connectivity index is 2.03. The molecule has 0 heterocycles. The highest BCUT2D eigenvalue weighted by Gasteiger charge is 2.05. The first-order valence-corrected chi connectivity index (χ1v) is 9.39. The van der Waals surface area contributed by atoms with Crippen LogP contribution in [0.5, 0.6) is 5.75 Å². The maximum atomic E-state index is 9.72. The maximum Gasteiger partial charge on any atom is 0.118 e. The lowest BCUT2D eigenvalue weighted by Gasteiger charge is -2.10. The van der Waals surface area contributed by atoms with E-state index in [1.54, 1.807) is 6.07 Å². The van der Waals surface area contributed by atoms with E-state index in [9.17, 15) is 5.11 Å². The first kappa shape index (κ1) is 17.8. The second-order valence-corrected chi connectivity index (χ2v) is 7.44. The summed E-state index contributed by atoms with van der Waals surface area (Å²) in [6, 6.07) is 7.71. The summed E-state index contributed by atoms with van der Waals surface area (Å²) in [7, 11) is 0. The molecule has 0 fully saturated rings. The van der Waals surface area contributed by atoms with E-state index in [1.165, 1.54) is 57.8 Å². The van der Waals surface area contributed by atoms with Crippen LogP contribution in [0, 0.1) is 0 Å². The van der Waals surface area contributed by atoms with Crippen molar-refractivity contribution in [3.05, 3.63) is 29.8 Å². The average molecular weight is 388 g/mol. The summed E-state index contributed by atoms with van der Waals surface area (Å²) in [5.74, 6) is 0.452.